The zero-order chi connectivity index (χ0) is 18.5. The van der Waals surface area contributed by atoms with E-state index < -0.39 is 0 Å². The zero-order valence-electron chi connectivity index (χ0n) is 15.7. The number of anilines is 2. The Labute approximate surface area is 151 Å². The minimum absolute atomic E-state index is 0.0276. The van der Waals surface area contributed by atoms with Crippen molar-refractivity contribution >= 4 is 23.3 Å². The Kier molecular flexibility index (Phi) is 10.3. The van der Waals surface area contributed by atoms with Crippen molar-refractivity contribution in [2.75, 3.05) is 37.8 Å². The molecule has 0 spiro atoms. The molecule has 1 rings (SSSR count). The maximum absolute atomic E-state index is 11.8. The van der Waals surface area contributed by atoms with Gasteiger partial charge < -0.3 is 20.9 Å². The van der Waals surface area contributed by atoms with Gasteiger partial charge in [0.05, 0.1) is 0 Å². The largest absolute Gasteiger partial charge is 0.338 e. The van der Waals surface area contributed by atoms with Gasteiger partial charge >= 0.3 is 6.03 Å². The fourth-order valence-corrected chi connectivity index (χ4v) is 2.35. The van der Waals surface area contributed by atoms with E-state index in [0.717, 1.165) is 25.1 Å². The third-order valence-corrected chi connectivity index (χ3v) is 3.82. The van der Waals surface area contributed by atoms with Crippen LogP contribution in [0.4, 0.5) is 16.2 Å². The number of hydrogen-bond acceptors (Lipinski definition) is 3. The lowest BCUT2D eigenvalue weighted by Crippen LogP contribution is -2.29. The van der Waals surface area contributed by atoms with E-state index in [1.807, 2.05) is 0 Å². The molecule has 0 fully saturated rings. The third kappa shape index (κ3) is 10.4. The van der Waals surface area contributed by atoms with E-state index in [1.54, 1.807) is 31.2 Å². The summed E-state index contributed by atoms with van der Waals surface area (Å²) in [5, 5.41) is 8.43. The molecule has 0 saturated carbocycles. The Bertz CT molecular complexity index is 515. The molecule has 0 unspecified atom stereocenters. The summed E-state index contributed by atoms with van der Waals surface area (Å²) in [6, 6.07) is 6.90. The molecule has 1 aromatic carbocycles. The number of carbonyl (C=O) groups is 2. The number of unbranched alkanes of at least 4 members (excludes halogenated alkanes) is 4. The first-order valence-electron chi connectivity index (χ1n) is 9.10. The molecule has 0 radical (unpaired) electrons. The average Bonchev–Trinajstić information content (AvgIpc) is 2.58. The van der Waals surface area contributed by atoms with Crippen molar-refractivity contribution < 1.29 is 9.59 Å². The van der Waals surface area contributed by atoms with E-state index in [0.29, 0.717) is 18.7 Å². The van der Waals surface area contributed by atoms with Gasteiger partial charge in [-0.25, -0.2) is 4.79 Å². The quantitative estimate of drug-likeness (QED) is 0.534. The second-order valence-corrected chi connectivity index (χ2v) is 6.43. The van der Waals surface area contributed by atoms with Crippen LogP contribution in [-0.2, 0) is 4.79 Å². The van der Waals surface area contributed by atoms with Gasteiger partial charge in [0, 0.05) is 24.3 Å². The van der Waals surface area contributed by atoms with E-state index >= 15 is 0 Å². The summed E-state index contributed by atoms with van der Waals surface area (Å²) < 4.78 is 0. The van der Waals surface area contributed by atoms with Crippen LogP contribution in [0.15, 0.2) is 24.3 Å². The highest BCUT2D eigenvalue weighted by atomic mass is 16.2. The van der Waals surface area contributed by atoms with Crippen LogP contribution in [0.5, 0.6) is 0 Å². The zero-order valence-corrected chi connectivity index (χ0v) is 15.7. The molecule has 0 saturated heterocycles. The van der Waals surface area contributed by atoms with Crippen LogP contribution in [-0.4, -0.2) is 44.0 Å². The minimum atomic E-state index is -0.196. The Morgan fingerprint density at radius 1 is 0.880 bits per heavy atom. The molecular formula is C19H32N4O2. The number of nitrogens with one attached hydrogen (secondary N) is 3. The van der Waals surface area contributed by atoms with Crippen molar-refractivity contribution in [1.82, 2.24) is 10.2 Å². The highest BCUT2D eigenvalue weighted by Gasteiger charge is 2.02. The van der Waals surface area contributed by atoms with Crippen LogP contribution >= 0.6 is 0 Å². The van der Waals surface area contributed by atoms with Crippen molar-refractivity contribution in [2.24, 2.45) is 0 Å². The molecule has 25 heavy (non-hydrogen) atoms. The molecule has 0 atom stereocenters. The second-order valence-electron chi connectivity index (χ2n) is 6.43. The van der Waals surface area contributed by atoms with Gasteiger partial charge in [-0.3, -0.25) is 4.79 Å². The fraction of sp³-hybridized carbons (Fsp3) is 0.579. The molecule has 0 aliphatic carbocycles. The highest BCUT2D eigenvalue weighted by Crippen LogP contribution is 2.13. The molecule has 140 valence electrons. The standard InChI is InChI=1S/C19H32N4O2/c1-4-18(24)21-16-10-12-17(13-11-16)22-19(25)20-14-8-6-5-7-9-15-23(2)3/h10-13H,4-9,14-15H2,1-3H3,(H,21,24)(H2,20,22,25). The van der Waals surface area contributed by atoms with Crippen LogP contribution in [0.2, 0.25) is 0 Å². The Morgan fingerprint density at radius 3 is 2.04 bits per heavy atom. The average molecular weight is 348 g/mol. The molecule has 6 heteroatoms. The van der Waals surface area contributed by atoms with Crippen molar-refractivity contribution in [3.63, 3.8) is 0 Å². The number of carbonyl (C=O) groups excluding carboxylic acids is 2. The van der Waals surface area contributed by atoms with Crippen LogP contribution in [0.1, 0.15) is 45.4 Å². The van der Waals surface area contributed by atoms with Gasteiger partial charge in [0.2, 0.25) is 5.91 Å². The van der Waals surface area contributed by atoms with Gasteiger partial charge in [-0.05, 0) is 57.7 Å². The SMILES string of the molecule is CCC(=O)Nc1ccc(NC(=O)NCCCCCCCN(C)C)cc1. The van der Waals surface area contributed by atoms with Gasteiger partial charge in [0.1, 0.15) is 0 Å². The van der Waals surface area contributed by atoms with Gasteiger partial charge in [-0.2, -0.15) is 0 Å². The monoisotopic (exact) mass is 348 g/mol. The Morgan fingerprint density at radius 2 is 1.44 bits per heavy atom. The number of benzene rings is 1. The molecule has 0 heterocycles. The molecule has 0 bridgehead atoms. The molecule has 3 N–H and O–H groups in total. The first-order valence-corrected chi connectivity index (χ1v) is 9.10. The van der Waals surface area contributed by atoms with E-state index in [-0.39, 0.29) is 11.9 Å². The summed E-state index contributed by atoms with van der Waals surface area (Å²) in [5.74, 6) is -0.0276. The minimum Gasteiger partial charge on any atom is -0.338 e. The Balaban J connectivity index is 2.12. The highest BCUT2D eigenvalue weighted by molar-refractivity contribution is 5.92. The predicted octanol–water partition coefficient (Wildman–Crippen LogP) is 3.67. The molecule has 3 amide bonds. The maximum atomic E-state index is 11.8. The number of hydrogen-bond donors (Lipinski definition) is 3. The summed E-state index contributed by atoms with van der Waals surface area (Å²) in [5.41, 5.74) is 1.43. The van der Waals surface area contributed by atoms with Crippen molar-refractivity contribution in [3.8, 4) is 0 Å². The lowest BCUT2D eigenvalue weighted by molar-refractivity contribution is -0.115. The summed E-state index contributed by atoms with van der Waals surface area (Å²) in [6.07, 6.45) is 6.26. The molecule has 1 aromatic rings. The fourth-order valence-electron chi connectivity index (χ4n) is 2.35. The van der Waals surface area contributed by atoms with E-state index in [9.17, 15) is 9.59 Å². The van der Waals surface area contributed by atoms with E-state index in [2.05, 4.69) is 34.9 Å². The first-order chi connectivity index (χ1) is 12.0. The number of urea groups is 1. The maximum Gasteiger partial charge on any atom is 0.319 e. The van der Waals surface area contributed by atoms with Crippen LogP contribution in [0, 0.1) is 0 Å². The van der Waals surface area contributed by atoms with Crippen molar-refractivity contribution in [3.05, 3.63) is 24.3 Å². The van der Waals surface area contributed by atoms with Crippen molar-refractivity contribution in [1.29, 1.82) is 0 Å². The smallest absolute Gasteiger partial charge is 0.319 e. The Hall–Kier alpha value is -2.08. The summed E-state index contributed by atoms with van der Waals surface area (Å²) >= 11 is 0. The predicted molar refractivity (Wildman–Crippen MR) is 104 cm³/mol. The second kappa shape index (κ2) is 12.3. The number of nitrogens with zero attached hydrogens (tertiary/aromatic N) is 1. The normalized spacial score (nSPS) is 10.6. The molecule has 6 nitrogen and oxygen atoms in total. The number of rotatable bonds is 11. The lowest BCUT2D eigenvalue weighted by atomic mass is 10.1. The molecule has 0 aliphatic rings. The molecule has 0 aliphatic heterocycles. The van der Waals surface area contributed by atoms with Crippen LogP contribution in [0.3, 0.4) is 0 Å². The summed E-state index contributed by atoms with van der Waals surface area (Å²) in [7, 11) is 4.19. The van der Waals surface area contributed by atoms with Crippen LogP contribution in [0.25, 0.3) is 0 Å². The van der Waals surface area contributed by atoms with Crippen LogP contribution < -0.4 is 16.0 Å². The molecule has 0 aromatic heterocycles. The first kappa shape index (κ1) is 21.0. The van der Waals surface area contributed by atoms with Gasteiger partial charge in [-0.1, -0.05) is 26.2 Å². The number of amides is 3. The third-order valence-electron chi connectivity index (χ3n) is 3.82. The lowest BCUT2D eigenvalue weighted by Gasteiger charge is -2.10. The van der Waals surface area contributed by atoms with Gasteiger partial charge in [-0.15, -0.1) is 0 Å². The summed E-state index contributed by atoms with van der Waals surface area (Å²) in [4.78, 5) is 25.3. The molecular weight excluding hydrogens is 316 g/mol. The summed E-state index contributed by atoms with van der Waals surface area (Å²) in [6.45, 7) is 3.63. The van der Waals surface area contributed by atoms with Crippen molar-refractivity contribution in [2.45, 2.75) is 45.4 Å². The van der Waals surface area contributed by atoms with E-state index in [4.69, 9.17) is 0 Å². The van der Waals surface area contributed by atoms with E-state index in [1.165, 1.54) is 19.3 Å². The van der Waals surface area contributed by atoms with Gasteiger partial charge in [0.15, 0.2) is 0 Å². The topological polar surface area (TPSA) is 73.5 Å². The van der Waals surface area contributed by atoms with Gasteiger partial charge in [0.25, 0.3) is 0 Å².